The number of carbonyl (C=O) groups excluding carboxylic acids is 2. The molecule has 2 heterocycles. The lowest BCUT2D eigenvalue weighted by atomic mass is 10.1. The zero-order chi connectivity index (χ0) is 21.3. The number of amides is 2. The minimum absolute atomic E-state index is 0.000567. The van der Waals surface area contributed by atoms with Crippen LogP contribution in [0.25, 0.3) is 0 Å². The summed E-state index contributed by atoms with van der Waals surface area (Å²) in [6, 6.07) is 12.9. The van der Waals surface area contributed by atoms with Crippen LogP contribution in [0.2, 0.25) is 0 Å². The lowest BCUT2D eigenvalue weighted by Crippen LogP contribution is -2.36. The van der Waals surface area contributed by atoms with Crippen molar-refractivity contribution in [2.24, 2.45) is 11.8 Å². The van der Waals surface area contributed by atoms with Gasteiger partial charge in [-0.15, -0.1) is 0 Å². The minimum Gasteiger partial charge on any atom is -0.354 e. The Morgan fingerprint density at radius 3 is 2.47 bits per heavy atom. The van der Waals surface area contributed by atoms with E-state index in [1.54, 1.807) is 11.0 Å². The predicted octanol–water partition coefficient (Wildman–Crippen LogP) is 1.96. The van der Waals surface area contributed by atoms with E-state index in [2.05, 4.69) is 15.6 Å². The fourth-order valence-corrected chi connectivity index (χ4v) is 4.27. The summed E-state index contributed by atoms with van der Waals surface area (Å²) in [5.74, 6) is -0.185. The van der Waals surface area contributed by atoms with Gasteiger partial charge < -0.3 is 10.6 Å². The Kier molecular flexibility index (Phi) is 5.76. The van der Waals surface area contributed by atoms with Crippen LogP contribution >= 0.6 is 0 Å². The molecule has 158 valence electrons. The first-order chi connectivity index (χ1) is 14.4. The molecule has 0 bridgehead atoms. The average Bonchev–Trinajstić information content (AvgIpc) is 3.17. The summed E-state index contributed by atoms with van der Waals surface area (Å²) >= 11 is 0. The molecule has 0 spiro atoms. The molecule has 2 aromatic rings. The number of hydrogen-bond acceptors (Lipinski definition) is 4. The standard InChI is InChI=1S/C22H24F2N4O2/c1-25-22(30)18-9-14(8-15(26-18)7-13-5-3-2-4-6-13)21(29)27-20-16-10-28(11-17(16)20)12-19(23)24/h2-6,8-9,16-17,19-20H,7,10-12H2,1H3,(H,25,30)(H,27,29)/t16-,17+,20?. The van der Waals surface area contributed by atoms with Gasteiger partial charge in [0, 0.05) is 43.9 Å². The molecule has 2 aliphatic rings. The molecule has 2 amide bonds. The number of benzene rings is 1. The number of fused-ring (bicyclic) bond motifs is 1. The highest BCUT2D eigenvalue weighted by molar-refractivity contribution is 5.98. The van der Waals surface area contributed by atoms with Gasteiger partial charge in [-0.05, 0) is 29.5 Å². The summed E-state index contributed by atoms with van der Waals surface area (Å²) in [4.78, 5) is 31.1. The molecule has 1 aromatic heterocycles. The number of carbonyl (C=O) groups is 2. The van der Waals surface area contributed by atoms with E-state index in [0.717, 1.165) is 5.56 Å². The highest BCUT2D eigenvalue weighted by atomic mass is 19.3. The van der Waals surface area contributed by atoms with Crippen LogP contribution in [0.1, 0.15) is 32.1 Å². The first-order valence-electron chi connectivity index (χ1n) is 10.0. The molecule has 2 fully saturated rings. The molecule has 1 unspecified atom stereocenters. The van der Waals surface area contributed by atoms with Gasteiger partial charge in [0.25, 0.3) is 18.2 Å². The summed E-state index contributed by atoms with van der Waals surface area (Å²) in [7, 11) is 1.52. The van der Waals surface area contributed by atoms with Gasteiger partial charge in [0.05, 0.1) is 6.54 Å². The normalized spacial score (nSPS) is 22.6. The van der Waals surface area contributed by atoms with Crippen LogP contribution < -0.4 is 10.6 Å². The van der Waals surface area contributed by atoms with Gasteiger partial charge in [-0.2, -0.15) is 0 Å². The second kappa shape index (κ2) is 8.47. The molecular formula is C22H24F2N4O2. The summed E-state index contributed by atoms with van der Waals surface area (Å²) in [5.41, 5.74) is 2.23. The van der Waals surface area contributed by atoms with Crippen molar-refractivity contribution < 1.29 is 18.4 Å². The van der Waals surface area contributed by atoms with E-state index in [9.17, 15) is 18.4 Å². The lowest BCUT2D eigenvalue weighted by Gasteiger charge is -2.19. The Labute approximate surface area is 173 Å². The van der Waals surface area contributed by atoms with Crippen LogP contribution in [-0.2, 0) is 6.42 Å². The number of hydrogen-bond donors (Lipinski definition) is 2. The maximum Gasteiger partial charge on any atom is 0.269 e. The van der Waals surface area contributed by atoms with E-state index in [1.807, 2.05) is 30.3 Å². The number of nitrogens with zero attached hydrogens (tertiary/aromatic N) is 2. The van der Waals surface area contributed by atoms with Crippen molar-refractivity contribution in [2.45, 2.75) is 18.9 Å². The third kappa shape index (κ3) is 4.48. The number of piperidine rings is 1. The highest BCUT2D eigenvalue weighted by Gasteiger charge is 2.56. The van der Waals surface area contributed by atoms with Crippen LogP contribution in [0.3, 0.4) is 0 Å². The zero-order valence-corrected chi connectivity index (χ0v) is 16.6. The Morgan fingerprint density at radius 2 is 1.83 bits per heavy atom. The first-order valence-corrected chi connectivity index (χ1v) is 10.0. The molecule has 2 N–H and O–H groups in total. The first kappa shape index (κ1) is 20.4. The Hall–Kier alpha value is -2.87. The van der Waals surface area contributed by atoms with E-state index in [1.165, 1.54) is 13.1 Å². The monoisotopic (exact) mass is 414 g/mol. The maximum atomic E-state index is 12.8. The molecule has 1 saturated carbocycles. The number of aromatic nitrogens is 1. The number of alkyl halides is 2. The average molecular weight is 414 g/mol. The number of pyridine rings is 1. The zero-order valence-electron chi connectivity index (χ0n) is 16.6. The van der Waals surface area contributed by atoms with Gasteiger partial charge in [-0.1, -0.05) is 30.3 Å². The van der Waals surface area contributed by atoms with E-state index in [-0.39, 0.29) is 41.9 Å². The quantitative estimate of drug-likeness (QED) is 0.727. The Morgan fingerprint density at radius 1 is 1.13 bits per heavy atom. The molecule has 1 saturated heterocycles. The lowest BCUT2D eigenvalue weighted by molar-refractivity contribution is 0.0879. The largest absolute Gasteiger partial charge is 0.354 e. The molecule has 4 rings (SSSR count). The topological polar surface area (TPSA) is 74.3 Å². The number of likely N-dealkylation sites (tertiary alicyclic amines) is 1. The molecular weight excluding hydrogens is 390 g/mol. The SMILES string of the molecule is CNC(=O)c1cc(C(=O)NC2[C@H]3CN(CC(F)F)C[C@@H]23)cc(Cc2ccccc2)n1. The molecule has 30 heavy (non-hydrogen) atoms. The fourth-order valence-electron chi connectivity index (χ4n) is 4.27. The van der Waals surface area contributed by atoms with Gasteiger partial charge in [0.2, 0.25) is 0 Å². The third-order valence-electron chi connectivity index (χ3n) is 5.79. The van der Waals surface area contributed by atoms with Crippen molar-refractivity contribution in [1.82, 2.24) is 20.5 Å². The third-order valence-corrected chi connectivity index (χ3v) is 5.79. The molecule has 1 aliphatic carbocycles. The van der Waals surface area contributed by atoms with Crippen molar-refractivity contribution >= 4 is 11.8 Å². The summed E-state index contributed by atoms with van der Waals surface area (Å²) < 4.78 is 25.1. The van der Waals surface area contributed by atoms with E-state index in [4.69, 9.17) is 0 Å². The van der Waals surface area contributed by atoms with E-state index < -0.39 is 6.43 Å². The molecule has 6 nitrogen and oxygen atoms in total. The molecule has 3 atom stereocenters. The van der Waals surface area contributed by atoms with E-state index in [0.29, 0.717) is 30.8 Å². The molecule has 8 heteroatoms. The van der Waals surface area contributed by atoms with Gasteiger partial charge in [-0.25, -0.2) is 13.8 Å². The molecule has 1 aliphatic heterocycles. The van der Waals surface area contributed by atoms with Crippen molar-refractivity contribution in [3.05, 3.63) is 65.0 Å². The van der Waals surface area contributed by atoms with Crippen molar-refractivity contribution in [1.29, 1.82) is 0 Å². The van der Waals surface area contributed by atoms with Gasteiger partial charge in [0.1, 0.15) is 5.69 Å². The second-order valence-corrected chi connectivity index (χ2v) is 7.91. The van der Waals surface area contributed by atoms with Crippen molar-refractivity contribution in [2.75, 3.05) is 26.7 Å². The smallest absolute Gasteiger partial charge is 0.269 e. The fraction of sp³-hybridized carbons (Fsp3) is 0.409. The van der Waals surface area contributed by atoms with Crippen LogP contribution in [0.4, 0.5) is 8.78 Å². The predicted molar refractivity (Wildman–Crippen MR) is 108 cm³/mol. The van der Waals surface area contributed by atoms with Crippen molar-refractivity contribution in [3.63, 3.8) is 0 Å². The second-order valence-electron chi connectivity index (χ2n) is 7.91. The van der Waals surface area contributed by atoms with E-state index >= 15 is 0 Å². The molecule has 1 aromatic carbocycles. The number of nitrogens with one attached hydrogen (secondary N) is 2. The van der Waals surface area contributed by atoms with Crippen LogP contribution in [-0.4, -0.2) is 60.8 Å². The Bertz CT molecular complexity index is 926. The maximum absolute atomic E-state index is 12.8. The van der Waals surface area contributed by atoms with Crippen LogP contribution in [0, 0.1) is 11.8 Å². The van der Waals surface area contributed by atoms with Gasteiger partial charge >= 0.3 is 0 Å². The Balaban J connectivity index is 1.46. The summed E-state index contributed by atoms with van der Waals surface area (Å²) in [6.07, 6.45) is -1.83. The summed E-state index contributed by atoms with van der Waals surface area (Å²) in [5, 5.41) is 5.55. The minimum atomic E-state index is -2.33. The number of halogens is 2. The van der Waals surface area contributed by atoms with Crippen LogP contribution in [0.5, 0.6) is 0 Å². The molecule has 0 radical (unpaired) electrons. The van der Waals surface area contributed by atoms with Gasteiger partial charge in [-0.3, -0.25) is 14.5 Å². The van der Waals surface area contributed by atoms with Crippen LogP contribution in [0.15, 0.2) is 42.5 Å². The highest BCUT2D eigenvalue weighted by Crippen LogP contribution is 2.45. The van der Waals surface area contributed by atoms with Crippen molar-refractivity contribution in [3.8, 4) is 0 Å². The van der Waals surface area contributed by atoms with Gasteiger partial charge in [0.15, 0.2) is 0 Å². The number of rotatable bonds is 7. The summed E-state index contributed by atoms with van der Waals surface area (Å²) in [6.45, 7) is 0.953.